The number of fused-ring (bicyclic) bond motifs is 1. The van der Waals surface area contributed by atoms with E-state index in [1.807, 2.05) is 4.68 Å². The molecule has 160 valence electrons. The lowest BCUT2D eigenvalue weighted by atomic mass is 9.76. The van der Waals surface area contributed by atoms with Crippen molar-refractivity contribution in [2.24, 2.45) is 17.8 Å². The highest BCUT2D eigenvalue weighted by atomic mass is 16.2. The summed E-state index contributed by atoms with van der Waals surface area (Å²) in [5.74, 6) is 3.02. The van der Waals surface area contributed by atoms with Crippen LogP contribution in [0, 0.1) is 17.8 Å². The molecule has 0 radical (unpaired) electrons. The molecular formula is C22H31N7O. The summed E-state index contributed by atoms with van der Waals surface area (Å²) in [5.41, 5.74) is 0.793. The van der Waals surface area contributed by atoms with Gasteiger partial charge in [0.15, 0.2) is 5.65 Å². The fourth-order valence-corrected chi connectivity index (χ4v) is 6.92. The monoisotopic (exact) mass is 409 g/mol. The van der Waals surface area contributed by atoms with Gasteiger partial charge in [0.25, 0.3) is 0 Å². The summed E-state index contributed by atoms with van der Waals surface area (Å²) in [6.07, 6.45) is 13.4. The smallest absolute Gasteiger partial charge is 0.320 e. The van der Waals surface area contributed by atoms with E-state index < -0.39 is 0 Å². The van der Waals surface area contributed by atoms with Crippen molar-refractivity contribution in [1.29, 1.82) is 0 Å². The van der Waals surface area contributed by atoms with Crippen LogP contribution in [0.15, 0.2) is 12.5 Å². The molecule has 2 atom stereocenters. The summed E-state index contributed by atoms with van der Waals surface area (Å²) >= 11 is 0. The third kappa shape index (κ3) is 3.25. The molecular weight excluding hydrogens is 378 g/mol. The quantitative estimate of drug-likeness (QED) is 0.793. The van der Waals surface area contributed by atoms with Crippen molar-refractivity contribution >= 4 is 22.9 Å². The Hall–Kier alpha value is -2.22. The van der Waals surface area contributed by atoms with Gasteiger partial charge in [0.2, 0.25) is 0 Å². The van der Waals surface area contributed by atoms with E-state index in [1.54, 1.807) is 6.20 Å². The van der Waals surface area contributed by atoms with Gasteiger partial charge in [0, 0.05) is 12.1 Å². The molecule has 2 aromatic rings. The van der Waals surface area contributed by atoms with Crippen LogP contribution in [0.2, 0.25) is 0 Å². The molecule has 0 aromatic carbocycles. The second kappa shape index (κ2) is 7.18. The topological polar surface area (TPSA) is 88.0 Å². The van der Waals surface area contributed by atoms with Crippen LogP contribution in [-0.4, -0.2) is 55.9 Å². The molecule has 5 fully saturated rings. The first-order valence-corrected chi connectivity index (χ1v) is 11.7. The van der Waals surface area contributed by atoms with Crippen molar-refractivity contribution in [2.45, 2.75) is 63.5 Å². The largest absolute Gasteiger partial charge is 0.332 e. The number of nitrogens with one attached hydrogen (secondary N) is 2. The van der Waals surface area contributed by atoms with Crippen molar-refractivity contribution in [3.05, 3.63) is 12.5 Å². The first kappa shape index (κ1) is 18.5. The normalized spacial score (nSPS) is 32.7. The number of aromatic nitrogens is 4. The van der Waals surface area contributed by atoms with Gasteiger partial charge in [-0.1, -0.05) is 6.42 Å². The molecule has 0 spiro atoms. The minimum Gasteiger partial charge on any atom is -0.332 e. The number of carbonyl (C=O) groups is 1. The molecule has 2 unspecified atom stereocenters. The van der Waals surface area contributed by atoms with Gasteiger partial charge >= 0.3 is 6.03 Å². The molecule has 2 aromatic heterocycles. The van der Waals surface area contributed by atoms with Gasteiger partial charge in [-0.2, -0.15) is 5.10 Å². The number of carbonyl (C=O) groups excluding carboxylic acids is 1. The third-order valence-corrected chi connectivity index (χ3v) is 8.05. The maximum absolute atomic E-state index is 12.9. The maximum Gasteiger partial charge on any atom is 0.320 e. The highest BCUT2D eigenvalue weighted by Gasteiger charge is 2.56. The van der Waals surface area contributed by atoms with Crippen LogP contribution in [0.1, 0.15) is 51.4 Å². The predicted molar refractivity (Wildman–Crippen MR) is 114 cm³/mol. The third-order valence-electron chi connectivity index (χ3n) is 8.05. The van der Waals surface area contributed by atoms with E-state index in [0.717, 1.165) is 61.1 Å². The summed E-state index contributed by atoms with van der Waals surface area (Å²) < 4.78 is 1.93. The molecule has 4 aliphatic carbocycles. The second-order valence-corrected chi connectivity index (χ2v) is 10.1. The lowest BCUT2D eigenvalue weighted by molar-refractivity contribution is 0.184. The highest BCUT2D eigenvalue weighted by molar-refractivity contribution is 5.97. The van der Waals surface area contributed by atoms with E-state index in [9.17, 15) is 4.79 Å². The Morgan fingerprint density at radius 2 is 1.87 bits per heavy atom. The molecule has 2 amide bonds. The minimum atomic E-state index is -0.141. The van der Waals surface area contributed by atoms with Gasteiger partial charge in [0.05, 0.1) is 18.1 Å². The molecule has 8 heteroatoms. The van der Waals surface area contributed by atoms with E-state index >= 15 is 0 Å². The van der Waals surface area contributed by atoms with Crippen LogP contribution in [0.4, 0.5) is 10.6 Å². The second-order valence-electron chi connectivity index (χ2n) is 10.1. The molecule has 30 heavy (non-hydrogen) atoms. The zero-order valence-corrected chi connectivity index (χ0v) is 17.5. The van der Waals surface area contributed by atoms with E-state index in [0.29, 0.717) is 5.82 Å². The van der Waals surface area contributed by atoms with Crippen LogP contribution in [-0.2, 0) is 6.54 Å². The van der Waals surface area contributed by atoms with Crippen LogP contribution < -0.4 is 10.6 Å². The Labute approximate surface area is 176 Å². The number of anilines is 1. The molecule has 5 aliphatic rings. The van der Waals surface area contributed by atoms with Crippen LogP contribution in [0.25, 0.3) is 11.0 Å². The molecule has 7 rings (SSSR count). The van der Waals surface area contributed by atoms with Crippen molar-refractivity contribution in [1.82, 2.24) is 30.0 Å². The SMILES string of the molecule is O=C(Nc1ncnc2c1cnn2CCN1CCCCC1)NC12CC3CC(C1)C(C3)C2. The molecule has 1 aliphatic heterocycles. The van der Waals surface area contributed by atoms with E-state index in [-0.39, 0.29) is 11.6 Å². The minimum absolute atomic E-state index is 0.00531. The summed E-state index contributed by atoms with van der Waals surface area (Å²) in [7, 11) is 0. The van der Waals surface area contributed by atoms with Gasteiger partial charge in [-0.05, 0) is 75.8 Å². The van der Waals surface area contributed by atoms with Crippen molar-refractivity contribution < 1.29 is 4.79 Å². The molecule has 8 nitrogen and oxygen atoms in total. The van der Waals surface area contributed by atoms with E-state index in [1.165, 1.54) is 51.5 Å². The summed E-state index contributed by atoms with van der Waals surface area (Å²) in [5, 5.41) is 11.7. The number of nitrogens with zero attached hydrogens (tertiary/aromatic N) is 5. The Morgan fingerprint density at radius 1 is 1.07 bits per heavy atom. The number of likely N-dealkylation sites (tertiary alicyclic amines) is 1. The lowest BCUT2D eigenvalue weighted by Crippen LogP contribution is -2.51. The number of hydrogen-bond donors (Lipinski definition) is 2. The Kier molecular flexibility index (Phi) is 4.44. The average molecular weight is 410 g/mol. The summed E-state index contributed by atoms with van der Waals surface area (Å²) in [6.45, 7) is 4.13. The molecule has 1 saturated heterocycles. The Bertz CT molecular complexity index is 931. The number of hydrogen-bond acceptors (Lipinski definition) is 5. The lowest BCUT2D eigenvalue weighted by Gasteiger charge is -2.39. The number of urea groups is 1. The number of piperidine rings is 1. The predicted octanol–water partition coefficient (Wildman–Crippen LogP) is 3.01. The summed E-state index contributed by atoms with van der Waals surface area (Å²) in [4.78, 5) is 24.1. The molecule has 3 heterocycles. The van der Waals surface area contributed by atoms with Gasteiger partial charge in [-0.25, -0.2) is 19.4 Å². The van der Waals surface area contributed by atoms with Crippen molar-refractivity contribution in [3.63, 3.8) is 0 Å². The van der Waals surface area contributed by atoms with Crippen molar-refractivity contribution in [3.8, 4) is 0 Å². The maximum atomic E-state index is 12.9. The first-order chi connectivity index (χ1) is 14.7. The van der Waals surface area contributed by atoms with Crippen LogP contribution in [0.5, 0.6) is 0 Å². The fourth-order valence-electron chi connectivity index (χ4n) is 6.92. The van der Waals surface area contributed by atoms with E-state index in [2.05, 4.69) is 30.6 Å². The van der Waals surface area contributed by atoms with Gasteiger partial charge < -0.3 is 10.2 Å². The van der Waals surface area contributed by atoms with Gasteiger partial charge in [0.1, 0.15) is 12.1 Å². The van der Waals surface area contributed by atoms with Crippen LogP contribution in [0.3, 0.4) is 0 Å². The molecule has 2 N–H and O–H groups in total. The Balaban J connectivity index is 1.13. The highest BCUT2D eigenvalue weighted by Crippen LogP contribution is 2.59. The zero-order valence-electron chi connectivity index (χ0n) is 17.5. The average Bonchev–Trinajstić information content (AvgIpc) is 3.35. The zero-order chi connectivity index (χ0) is 20.1. The standard InChI is InChI=1S/C22H31N7O/c30-21(27-22-10-15-8-16(11-22)17(9-15)12-22)26-19-18-13-25-29(20(18)24-14-23-19)7-6-28-4-2-1-3-5-28/h13-17H,1-12H2,(H2,23,24,26,27,30). The first-order valence-electron chi connectivity index (χ1n) is 11.7. The summed E-state index contributed by atoms with van der Waals surface area (Å²) in [6, 6.07) is -0.141. The number of rotatable bonds is 5. The fraction of sp³-hybridized carbons (Fsp3) is 0.727. The Morgan fingerprint density at radius 3 is 2.63 bits per heavy atom. The van der Waals surface area contributed by atoms with Gasteiger partial charge in [-0.15, -0.1) is 0 Å². The van der Waals surface area contributed by atoms with Crippen molar-refractivity contribution in [2.75, 3.05) is 25.0 Å². The molecule has 4 bridgehead atoms. The van der Waals surface area contributed by atoms with E-state index in [4.69, 9.17) is 0 Å². The number of amides is 2. The van der Waals surface area contributed by atoms with Gasteiger partial charge in [-0.3, -0.25) is 5.32 Å². The van der Waals surface area contributed by atoms with Crippen LogP contribution >= 0.6 is 0 Å². The molecule has 4 saturated carbocycles.